The van der Waals surface area contributed by atoms with E-state index in [9.17, 15) is 37.1 Å². The van der Waals surface area contributed by atoms with Crippen LogP contribution in [0, 0.1) is 28.6 Å². The maximum absolute atomic E-state index is 14.6. The normalized spacial score (nSPS) is 22.7. The van der Waals surface area contributed by atoms with Crippen molar-refractivity contribution < 1.29 is 41.9 Å². The Morgan fingerprint density at radius 3 is 2.20 bits per heavy atom. The molecule has 0 spiro atoms. The molecule has 6 atom stereocenters. The van der Waals surface area contributed by atoms with Crippen LogP contribution >= 0.6 is 0 Å². The van der Waals surface area contributed by atoms with E-state index in [0.29, 0.717) is 12.8 Å². The number of likely N-dealkylation sites (tertiary alicyclic amines) is 1. The second kappa shape index (κ2) is 15.1. The van der Waals surface area contributed by atoms with E-state index in [2.05, 4.69) is 27.8 Å². The van der Waals surface area contributed by atoms with Gasteiger partial charge >= 0.3 is 12.2 Å². The minimum absolute atomic E-state index is 0.0929. The van der Waals surface area contributed by atoms with Gasteiger partial charge < -0.3 is 30.9 Å². The Bertz CT molecular complexity index is 1450. The molecule has 276 valence electrons. The van der Waals surface area contributed by atoms with Crippen LogP contribution in [0.15, 0.2) is 36.9 Å². The van der Waals surface area contributed by atoms with Gasteiger partial charge in [0, 0.05) is 26.6 Å². The number of alkyl halides is 3. The Kier molecular flexibility index (Phi) is 11.8. The summed E-state index contributed by atoms with van der Waals surface area (Å²) < 4.78 is 45.1. The summed E-state index contributed by atoms with van der Waals surface area (Å²) in [5.74, 6) is -4.48. The van der Waals surface area contributed by atoms with Crippen molar-refractivity contribution in [3.8, 4) is 0 Å². The number of nitrogens with zero attached hydrogens (tertiary/aromatic N) is 1. The number of urea groups is 1. The number of carbonyl (C=O) groups excluding carboxylic acids is 5. The summed E-state index contributed by atoms with van der Waals surface area (Å²) in [4.78, 5) is 69.0. The lowest BCUT2D eigenvalue weighted by Gasteiger charge is -2.36. The Morgan fingerprint density at radius 1 is 1.04 bits per heavy atom. The van der Waals surface area contributed by atoms with Crippen molar-refractivity contribution in [3.63, 3.8) is 0 Å². The summed E-state index contributed by atoms with van der Waals surface area (Å²) in [6, 6.07) is 2.83. The zero-order valence-electron chi connectivity index (χ0n) is 29.6. The van der Waals surface area contributed by atoms with Gasteiger partial charge in [0.1, 0.15) is 12.1 Å². The standard InChI is InChI=1S/C36H50F3N5O6/c1-8-15-40-31(47)29(45)24(13-14-36(37,38)39)41-30(46)28-26-23(35(26,5)6)18-44(28)32(48)27(22-16-20-11-9-10-12-21(20)17-22)43-33(49)42-25(19-50-7)34(2,3)4/h8-12,22-28H,1,13-19H2,2-7H3,(H,40,47)(H,41,46)(H2,42,43,49)/t23-,24?,25?,26-,27?,28?/m0/s1. The number of ether oxygens (including phenoxy) is 1. The first-order valence-corrected chi connectivity index (χ1v) is 17.0. The second-order valence-corrected chi connectivity index (χ2v) is 15.4. The summed E-state index contributed by atoms with van der Waals surface area (Å²) in [6.45, 7) is 13.5. The van der Waals surface area contributed by atoms with Gasteiger partial charge in [-0.2, -0.15) is 13.2 Å². The molecule has 4 rings (SSSR count). The maximum atomic E-state index is 14.6. The fraction of sp³-hybridized carbons (Fsp3) is 0.639. The molecule has 11 nitrogen and oxygen atoms in total. The third-order valence-corrected chi connectivity index (χ3v) is 10.5. The molecule has 0 aromatic heterocycles. The molecule has 4 N–H and O–H groups in total. The van der Waals surface area contributed by atoms with Gasteiger partial charge in [-0.15, -0.1) is 6.58 Å². The van der Waals surface area contributed by atoms with E-state index in [1.54, 1.807) is 0 Å². The average Bonchev–Trinajstić information content (AvgIpc) is 3.40. The fourth-order valence-corrected chi connectivity index (χ4v) is 7.46. The average molecular weight is 706 g/mol. The van der Waals surface area contributed by atoms with Gasteiger partial charge in [-0.05, 0) is 59.0 Å². The SMILES string of the molecule is C=CCNC(=O)C(=O)C(CCC(F)(F)F)NC(=O)C1[C@@H]2[C@H](CN1C(=O)C(NC(=O)NC(COC)C(C)(C)C)C1Cc3ccccc3C1)C2(C)C. The zero-order valence-corrected chi connectivity index (χ0v) is 29.6. The molecular formula is C36H50F3N5O6. The fourth-order valence-electron chi connectivity index (χ4n) is 7.46. The van der Waals surface area contributed by atoms with E-state index in [0.717, 1.165) is 11.1 Å². The van der Waals surface area contributed by atoms with Crippen LogP contribution in [-0.2, 0) is 36.8 Å². The van der Waals surface area contributed by atoms with Crippen molar-refractivity contribution >= 4 is 29.5 Å². The molecule has 50 heavy (non-hydrogen) atoms. The Hall–Kier alpha value is -3.94. The highest BCUT2D eigenvalue weighted by Gasteiger charge is 2.70. The quantitative estimate of drug-likeness (QED) is 0.173. The molecule has 0 radical (unpaired) electrons. The molecule has 1 saturated heterocycles. The summed E-state index contributed by atoms with van der Waals surface area (Å²) in [5.41, 5.74) is 1.36. The number of benzene rings is 1. The van der Waals surface area contributed by atoms with Crippen LogP contribution in [0.25, 0.3) is 0 Å². The number of rotatable bonds is 14. The van der Waals surface area contributed by atoms with Crippen molar-refractivity contribution in [1.82, 2.24) is 26.2 Å². The molecule has 3 aliphatic rings. The van der Waals surface area contributed by atoms with E-state index in [1.807, 2.05) is 58.9 Å². The highest BCUT2D eigenvalue weighted by atomic mass is 19.4. The molecule has 1 aromatic rings. The molecule has 1 aliphatic heterocycles. The summed E-state index contributed by atoms with van der Waals surface area (Å²) in [5, 5.41) is 10.5. The highest BCUT2D eigenvalue weighted by molar-refractivity contribution is 6.38. The number of methoxy groups -OCH3 is 1. The molecule has 1 aromatic carbocycles. The number of halogens is 3. The molecule has 4 unspecified atom stereocenters. The van der Waals surface area contributed by atoms with E-state index in [-0.39, 0.29) is 48.3 Å². The number of fused-ring (bicyclic) bond motifs is 2. The van der Waals surface area contributed by atoms with Crippen LogP contribution in [-0.4, -0.2) is 91.6 Å². The minimum Gasteiger partial charge on any atom is -0.383 e. The molecule has 14 heteroatoms. The molecule has 2 fully saturated rings. The van der Waals surface area contributed by atoms with Gasteiger partial charge in [-0.25, -0.2) is 4.79 Å². The third-order valence-electron chi connectivity index (χ3n) is 10.5. The van der Waals surface area contributed by atoms with Crippen LogP contribution < -0.4 is 21.3 Å². The highest BCUT2D eigenvalue weighted by Crippen LogP contribution is 2.65. The lowest BCUT2D eigenvalue weighted by atomic mass is 9.87. The van der Waals surface area contributed by atoms with Gasteiger partial charge in [0.2, 0.25) is 17.6 Å². The van der Waals surface area contributed by atoms with Gasteiger partial charge in [-0.3, -0.25) is 19.2 Å². The van der Waals surface area contributed by atoms with Crippen LogP contribution in [0.1, 0.15) is 58.6 Å². The predicted octanol–water partition coefficient (Wildman–Crippen LogP) is 3.31. The first-order chi connectivity index (χ1) is 23.3. The van der Waals surface area contributed by atoms with Crippen molar-refractivity contribution in [2.45, 2.75) is 90.6 Å². The van der Waals surface area contributed by atoms with Gasteiger partial charge in [-0.1, -0.05) is 65.0 Å². The van der Waals surface area contributed by atoms with E-state index >= 15 is 0 Å². The number of nitrogens with one attached hydrogen (secondary N) is 4. The number of carbonyl (C=O) groups is 5. The summed E-state index contributed by atoms with van der Waals surface area (Å²) in [7, 11) is 1.53. The smallest absolute Gasteiger partial charge is 0.383 e. The third kappa shape index (κ3) is 8.85. The van der Waals surface area contributed by atoms with E-state index in [4.69, 9.17) is 4.74 Å². The molecule has 1 heterocycles. The number of hydrogen-bond donors (Lipinski definition) is 4. The minimum atomic E-state index is -4.65. The number of hydrogen-bond acceptors (Lipinski definition) is 6. The number of Topliss-reactive ketones (excluding diaryl/α,β-unsaturated/α-hetero) is 1. The molecule has 2 aliphatic carbocycles. The summed E-state index contributed by atoms with van der Waals surface area (Å²) >= 11 is 0. The predicted molar refractivity (Wildman–Crippen MR) is 180 cm³/mol. The van der Waals surface area contributed by atoms with Gasteiger partial charge in [0.15, 0.2) is 0 Å². The second-order valence-electron chi connectivity index (χ2n) is 15.4. The van der Waals surface area contributed by atoms with Crippen LogP contribution in [0.2, 0.25) is 0 Å². The van der Waals surface area contributed by atoms with Gasteiger partial charge in [0.25, 0.3) is 5.91 Å². The van der Waals surface area contributed by atoms with E-state index < -0.39 is 72.7 Å². The number of ketones is 1. The maximum Gasteiger partial charge on any atom is 0.389 e. The van der Waals surface area contributed by atoms with Crippen molar-refractivity contribution in [3.05, 3.63) is 48.0 Å². The topological polar surface area (TPSA) is 146 Å². The Labute approximate surface area is 291 Å². The van der Waals surface area contributed by atoms with E-state index in [1.165, 1.54) is 18.1 Å². The van der Waals surface area contributed by atoms with Crippen molar-refractivity contribution in [1.29, 1.82) is 0 Å². The van der Waals surface area contributed by atoms with Crippen LogP contribution in [0.4, 0.5) is 18.0 Å². The summed E-state index contributed by atoms with van der Waals surface area (Å²) in [6.07, 6.45) is -4.59. The zero-order chi connectivity index (χ0) is 37.2. The monoisotopic (exact) mass is 705 g/mol. The lowest BCUT2D eigenvalue weighted by Crippen LogP contribution is -2.61. The Morgan fingerprint density at radius 2 is 1.66 bits per heavy atom. The van der Waals surface area contributed by atoms with Gasteiger partial charge in [0.05, 0.1) is 18.7 Å². The lowest BCUT2D eigenvalue weighted by molar-refractivity contribution is -0.147. The Balaban J connectivity index is 1.62. The molecule has 5 amide bonds. The van der Waals surface area contributed by atoms with Crippen molar-refractivity contribution in [2.75, 3.05) is 26.8 Å². The van der Waals surface area contributed by atoms with Crippen LogP contribution in [0.5, 0.6) is 0 Å². The molecule has 0 bridgehead atoms. The number of piperidine rings is 1. The van der Waals surface area contributed by atoms with Crippen LogP contribution in [0.3, 0.4) is 0 Å². The molecular weight excluding hydrogens is 655 g/mol. The first-order valence-electron chi connectivity index (χ1n) is 17.0. The number of amides is 5. The molecule has 1 saturated carbocycles. The van der Waals surface area contributed by atoms with Crippen molar-refractivity contribution in [2.24, 2.45) is 28.6 Å². The largest absolute Gasteiger partial charge is 0.389 e. The first kappa shape index (κ1) is 38.9.